The Hall–Kier alpha value is -3.31. The van der Waals surface area contributed by atoms with Crippen molar-refractivity contribution in [2.45, 2.75) is 6.42 Å². The van der Waals surface area contributed by atoms with Crippen molar-refractivity contribution in [3.05, 3.63) is 52.3 Å². The molecule has 0 bridgehead atoms. The number of methoxy groups -OCH3 is 2. The number of ether oxygens (including phenoxy) is 2. The van der Waals surface area contributed by atoms with Crippen LogP contribution in [0.3, 0.4) is 0 Å². The number of carbonyl (C=O) groups excluding carboxylic acids is 1. The maximum atomic E-state index is 12.1. The lowest BCUT2D eigenvalue weighted by Gasteiger charge is -2.23. The van der Waals surface area contributed by atoms with Crippen molar-refractivity contribution in [1.29, 1.82) is 0 Å². The van der Waals surface area contributed by atoms with Crippen LogP contribution in [0.4, 0.5) is 17.3 Å². The van der Waals surface area contributed by atoms with Gasteiger partial charge in [0.05, 0.1) is 24.6 Å². The lowest BCUT2D eigenvalue weighted by Crippen LogP contribution is -2.34. The molecule has 0 saturated heterocycles. The highest BCUT2D eigenvalue weighted by Crippen LogP contribution is 2.31. The van der Waals surface area contributed by atoms with E-state index >= 15 is 0 Å². The summed E-state index contributed by atoms with van der Waals surface area (Å²) in [5.41, 5.74) is 5.45. The second-order valence-corrected chi connectivity index (χ2v) is 5.96. The van der Waals surface area contributed by atoms with Crippen LogP contribution >= 0.6 is 0 Å². The highest BCUT2D eigenvalue weighted by molar-refractivity contribution is 5.81. The predicted molar refractivity (Wildman–Crippen MR) is 107 cm³/mol. The van der Waals surface area contributed by atoms with Crippen molar-refractivity contribution in [2.75, 3.05) is 50.8 Å². The number of rotatable bonds is 12. The molecule has 0 spiro atoms. The third-order valence-corrected chi connectivity index (χ3v) is 3.94. The van der Waals surface area contributed by atoms with Crippen LogP contribution < -0.4 is 15.8 Å². The molecule has 0 fully saturated rings. The predicted octanol–water partition coefficient (Wildman–Crippen LogP) is 1.17. The minimum Gasteiger partial charge on any atom is -0.383 e. The standard InChI is InChI=1S/C18H24N6O5/c1-28-10-8-23(9-11-29-2)18-16(24(26)27)17(19-13-20-18)22-21-15(25)12-14-6-4-3-5-7-14/h3-7,13H,8-12H2,1-2H3,(H,21,25)(H,19,20,22). The largest absolute Gasteiger partial charge is 0.383 e. The van der Waals surface area contributed by atoms with Gasteiger partial charge in [-0.3, -0.25) is 25.8 Å². The van der Waals surface area contributed by atoms with Crippen molar-refractivity contribution >= 4 is 23.2 Å². The molecule has 0 atom stereocenters. The second kappa shape index (κ2) is 11.5. The van der Waals surface area contributed by atoms with Gasteiger partial charge in [0.2, 0.25) is 17.5 Å². The highest BCUT2D eigenvalue weighted by Gasteiger charge is 2.27. The number of carbonyl (C=O) groups is 1. The summed E-state index contributed by atoms with van der Waals surface area (Å²) in [4.78, 5) is 32.9. The molecule has 2 N–H and O–H groups in total. The van der Waals surface area contributed by atoms with Gasteiger partial charge in [0.1, 0.15) is 6.33 Å². The second-order valence-electron chi connectivity index (χ2n) is 5.96. The maximum Gasteiger partial charge on any atom is 0.355 e. The molecule has 29 heavy (non-hydrogen) atoms. The van der Waals surface area contributed by atoms with E-state index in [1.807, 2.05) is 30.3 Å². The lowest BCUT2D eigenvalue weighted by atomic mass is 10.1. The van der Waals surface area contributed by atoms with Gasteiger partial charge in [0.15, 0.2) is 0 Å². The van der Waals surface area contributed by atoms with Crippen LogP contribution in [0.15, 0.2) is 36.7 Å². The molecular formula is C18H24N6O5. The summed E-state index contributed by atoms with van der Waals surface area (Å²) in [6.45, 7) is 1.44. The van der Waals surface area contributed by atoms with Gasteiger partial charge in [-0.05, 0) is 5.56 Å². The van der Waals surface area contributed by atoms with E-state index in [-0.39, 0.29) is 29.7 Å². The Labute approximate surface area is 168 Å². The molecule has 1 aromatic carbocycles. The molecule has 1 aromatic heterocycles. The van der Waals surface area contributed by atoms with E-state index in [0.717, 1.165) is 5.56 Å². The van der Waals surface area contributed by atoms with E-state index in [1.54, 1.807) is 4.90 Å². The smallest absolute Gasteiger partial charge is 0.355 e. The van der Waals surface area contributed by atoms with Crippen LogP contribution in [0.2, 0.25) is 0 Å². The molecule has 1 amide bonds. The molecule has 11 nitrogen and oxygen atoms in total. The quantitative estimate of drug-likeness (QED) is 0.395. The molecule has 0 aliphatic carbocycles. The Morgan fingerprint density at radius 2 is 1.79 bits per heavy atom. The van der Waals surface area contributed by atoms with Crippen molar-refractivity contribution in [3.8, 4) is 0 Å². The van der Waals surface area contributed by atoms with Crippen LogP contribution in [-0.4, -0.2) is 61.3 Å². The Balaban J connectivity index is 2.17. The van der Waals surface area contributed by atoms with Crippen LogP contribution in [0.25, 0.3) is 0 Å². The zero-order valence-electron chi connectivity index (χ0n) is 16.3. The molecule has 0 saturated carbocycles. The summed E-state index contributed by atoms with van der Waals surface area (Å²) >= 11 is 0. The number of amides is 1. The van der Waals surface area contributed by atoms with E-state index in [4.69, 9.17) is 9.47 Å². The Bertz CT molecular complexity index is 797. The minimum atomic E-state index is -0.590. The summed E-state index contributed by atoms with van der Waals surface area (Å²) in [5, 5.41) is 11.7. The molecule has 0 unspecified atom stereocenters. The summed E-state index contributed by atoms with van der Waals surface area (Å²) in [7, 11) is 3.08. The summed E-state index contributed by atoms with van der Waals surface area (Å²) in [6, 6.07) is 9.13. The Morgan fingerprint density at radius 3 is 2.38 bits per heavy atom. The van der Waals surface area contributed by atoms with Gasteiger partial charge in [0, 0.05) is 27.3 Å². The van der Waals surface area contributed by atoms with Crippen molar-refractivity contribution in [2.24, 2.45) is 0 Å². The number of nitrogens with one attached hydrogen (secondary N) is 2. The summed E-state index contributed by atoms with van der Waals surface area (Å²) in [6.07, 6.45) is 1.31. The van der Waals surface area contributed by atoms with Gasteiger partial charge in [-0.15, -0.1) is 0 Å². The third kappa shape index (κ3) is 6.66. The summed E-state index contributed by atoms with van der Waals surface area (Å²) in [5.74, 6) is -0.360. The Kier molecular flexibility index (Phi) is 8.73. The number of nitro groups is 1. The molecule has 2 aromatic rings. The monoisotopic (exact) mass is 404 g/mol. The van der Waals surface area contributed by atoms with E-state index < -0.39 is 4.92 Å². The molecule has 0 aliphatic rings. The Morgan fingerprint density at radius 1 is 1.14 bits per heavy atom. The molecule has 2 rings (SSSR count). The van der Waals surface area contributed by atoms with E-state index in [9.17, 15) is 14.9 Å². The van der Waals surface area contributed by atoms with Gasteiger partial charge >= 0.3 is 5.69 Å². The lowest BCUT2D eigenvalue weighted by molar-refractivity contribution is -0.383. The van der Waals surface area contributed by atoms with Gasteiger partial charge in [-0.2, -0.15) is 0 Å². The number of benzene rings is 1. The number of nitrogens with zero attached hydrogens (tertiary/aromatic N) is 4. The minimum absolute atomic E-state index is 0.110. The fourth-order valence-electron chi connectivity index (χ4n) is 2.54. The first-order valence-electron chi connectivity index (χ1n) is 8.87. The van der Waals surface area contributed by atoms with E-state index in [0.29, 0.717) is 26.3 Å². The average molecular weight is 404 g/mol. The van der Waals surface area contributed by atoms with E-state index in [2.05, 4.69) is 20.8 Å². The zero-order chi connectivity index (χ0) is 21.1. The number of hydrazine groups is 1. The number of aromatic nitrogens is 2. The normalized spacial score (nSPS) is 10.4. The maximum absolute atomic E-state index is 12.1. The van der Waals surface area contributed by atoms with Crippen molar-refractivity contribution in [3.63, 3.8) is 0 Å². The van der Waals surface area contributed by atoms with Crippen LogP contribution in [-0.2, 0) is 20.7 Å². The van der Waals surface area contributed by atoms with Crippen LogP contribution in [0.1, 0.15) is 5.56 Å². The fraction of sp³-hybridized carbons (Fsp3) is 0.389. The molecule has 0 radical (unpaired) electrons. The van der Waals surface area contributed by atoms with E-state index in [1.165, 1.54) is 20.5 Å². The summed E-state index contributed by atoms with van der Waals surface area (Å²) < 4.78 is 10.1. The number of anilines is 2. The number of hydrogen-bond acceptors (Lipinski definition) is 9. The number of hydrogen-bond donors (Lipinski definition) is 2. The first-order valence-corrected chi connectivity index (χ1v) is 8.87. The first kappa shape index (κ1) is 22.0. The van der Waals surface area contributed by atoms with Gasteiger partial charge < -0.3 is 14.4 Å². The van der Waals surface area contributed by atoms with Crippen molar-refractivity contribution in [1.82, 2.24) is 15.4 Å². The van der Waals surface area contributed by atoms with Gasteiger partial charge in [-0.25, -0.2) is 9.97 Å². The molecular weight excluding hydrogens is 380 g/mol. The van der Waals surface area contributed by atoms with Gasteiger partial charge in [-0.1, -0.05) is 30.3 Å². The first-order chi connectivity index (χ1) is 14.1. The van der Waals surface area contributed by atoms with Gasteiger partial charge in [0.25, 0.3) is 0 Å². The highest BCUT2D eigenvalue weighted by atomic mass is 16.6. The third-order valence-electron chi connectivity index (χ3n) is 3.94. The fourth-order valence-corrected chi connectivity index (χ4v) is 2.54. The SMILES string of the molecule is COCCN(CCOC)c1ncnc(NNC(=O)Cc2ccccc2)c1[N+](=O)[O-]. The average Bonchev–Trinajstić information content (AvgIpc) is 2.72. The zero-order valence-corrected chi connectivity index (χ0v) is 16.3. The molecule has 156 valence electrons. The molecule has 11 heteroatoms. The molecule has 1 heterocycles. The molecule has 0 aliphatic heterocycles. The van der Waals surface area contributed by atoms with Crippen LogP contribution in [0, 0.1) is 10.1 Å². The van der Waals surface area contributed by atoms with Crippen molar-refractivity contribution < 1.29 is 19.2 Å². The van der Waals surface area contributed by atoms with Crippen LogP contribution in [0.5, 0.6) is 0 Å². The topological polar surface area (TPSA) is 132 Å².